The summed E-state index contributed by atoms with van der Waals surface area (Å²) in [5.41, 5.74) is 3.30. The molecule has 0 aliphatic carbocycles. The molecular weight excluding hydrogens is 262 g/mol. The van der Waals surface area contributed by atoms with Crippen molar-refractivity contribution >= 4 is 11.6 Å². The number of anilines is 2. The van der Waals surface area contributed by atoms with E-state index in [1.54, 1.807) is 6.33 Å². The van der Waals surface area contributed by atoms with E-state index < -0.39 is 0 Å². The van der Waals surface area contributed by atoms with Crippen LogP contribution in [0.5, 0.6) is 0 Å². The molecule has 5 nitrogen and oxygen atoms in total. The minimum atomic E-state index is 0.713. The average Bonchev–Trinajstić information content (AvgIpc) is 2.52. The SMILES string of the molecule is CCCNc1ncnc(NCc2ccc(C)nc2)c1CC. The fourth-order valence-electron chi connectivity index (χ4n) is 2.08. The van der Waals surface area contributed by atoms with Gasteiger partial charge >= 0.3 is 0 Å². The lowest BCUT2D eigenvalue weighted by Crippen LogP contribution is -2.10. The third-order valence-electron chi connectivity index (χ3n) is 3.27. The summed E-state index contributed by atoms with van der Waals surface area (Å²) in [6, 6.07) is 4.10. The van der Waals surface area contributed by atoms with E-state index in [0.29, 0.717) is 6.54 Å². The Morgan fingerprint density at radius 3 is 2.38 bits per heavy atom. The van der Waals surface area contributed by atoms with Crippen molar-refractivity contribution in [2.45, 2.75) is 40.2 Å². The molecule has 2 rings (SSSR count). The normalized spacial score (nSPS) is 10.4. The fourth-order valence-corrected chi connectivity index (χ4v) is 2.08. The van der Waals surface area contributed by atoms with Gasteiger partial charge in [0.15, 0.2) is 0 Å². The Hall–Kier alpha value is -2.17. The van der Waals surface area contributed by atoms with Gasteiger partial charge in [0.05, 0.1) is 0 Å². The van der Waals surface area contributed by atoms with Crippen LogP contribution in [0.4, 0.5) is 11.6 Å². The van der Waals surface area contributed by atoms with Crippen molar-refractivity contribution in [3.63, 3.8) is 0 Å². The zero-order valence-corrected chi connectivity index (χ0v) is 13.0. The maximum Gasteiger partial charge on any atom is 0.134 e. The monoisotopic (exact) mass is 285 g/mol. The van der Waals surface area contributed by atoms with Gasteiger partial charge in [-0.15, -0.1) is 0 Å². The van der Waals surface area contributed by atoms with E-state index in [1.165, 1.54) is 0 Å². The first-order valence-electron chi connectivity index (χ1n) is 7.47. The second-order valence-electron chi connectivity index (χ2n) is 4.99. The smallest absolute Gasteiger partial charge is 0.134 e. The molecule has 0 spiro atoms. The molecule has 0 saturated carbocycles. The summed E-state index contributed by atoms with van der Waals surface area (Å²) in [4.78, 5) is 13.0. The summed E-state index contributed by atoms with van der Waals surface area (Å²) in [6.45, 7) is 7.89. The van der Waals surface area contributed by atoms with Crippen LogP contribution in [-0.4, -0.2) is 21.5 Å². The van der Waals surface area contributed by atoms with Gasteiger partial charge in [-0.25, -0.2) is 9.97 Å². The van der Waals surface area contributed by atoms with Gasteiger partial charge in [-0.2, -0.15) is 0 Å². The van der Waals surface area contributed by atoms with Gasteiger partial charge < -0.3 is 10.6 Å². The summed E-state index contributed by atoms with van der Waals surface area (Å²) in [7, 11) is 0. The molecule has 2 aromatic rings. The Morgan fingerprint density at radius 2 is 1.76 bits per heavy atom. The molecule has 0 radical (unpaired) electrons. The molecule has 0 aromatic carbocycles. The van der Waals surface area contributed by atoms with Crippen LogP contribution in [-0.2, 0) is 13.0 Å². The van der Waals surface area contributed by atoms with E-state index in [4.69, 9.17) is 0 Å². The third-order valence-corrected chi connectivity index (χ3v) is 3.27. The number of rotatable bonds is 7. The van der Waals surface area contributed by atoms with Crippen LogP contribution in [0.3, 0.4) is 0 Å². The van der Waals surface area contributed by atoms with Crippen LogP contribution in [0.2, 0.25) is 0 Å². The molecule has 2 N–H and O–H groups in total. The van der Waals surface area contributed by atoms with Gasteiger partial charge in [0.2, 0.25) is 0 Å². The number of hydrogen-bond donors (Lipinski definition) is 2. The highest BCUT2D eigenvalue weighted by Gasteiger charge is 2.09. The fraction of sp³-hybridized carbons (Fsp3) is 0.438. The van der Waals surface area contributed by atoms with Crippen molar-refractivity contribution in [2.75, 3.05) is 17.2 Å². The van der Waals surface area contributed by atoms with Crippen LogP contribution in [0.1, 0.15) is 37.1 Å². The van der Waals surface area contributed by atoms with Crippen molar-refractivity contribution in [1.29, 1.82) is 0 Å². The first-order valence-corrected chi connectivity index (χ1v) is 7.47. The molecule has 0 bridgehead atoms. The van der Waals surface area contributed by atoms with E-state index in [2.05, 4.69) is 45.5 Å². The van der Waals surface area contributed by atoms with E-state index in [0.717, 1.165) is 47.8 Å². The van der Waals surface area contributed by atoms with E-state index in [9.17, 15) is 0 Å². The van der Waals surface area contributed by atoms with Crippen molar-refractivity contribution in [3.05, 3.63) is 41.5 Å². The van der Waals surface area contributed by atoms with Gasteiger partial charge in [0.25, 0.3) is 0 Å². The molecule has 0 aliphatic rings. The molecule has 0 aliphatic heterocycles. The second-order valence-corrected chi connectivity index (χ2v) is 4.99. The molecule has 0 unspecified atom stereocenters. The number of nitrogens with zero attached hydrogens (tertiary/aromatic N) is 3. The van der Waals surface area contributed by atoms with Crippen molar-refractivity contribution in [2.24, 2.45) is 0 Å². The highest BCUT2D eigenvalue weighted by molar-refractivity contribution is 5.57. The van der Waals surface area contributed by atoms with Crippen LogP contribution in [0.15, 0.2) is 24.7 Å². The number of aromatic nitrogens is 3. The molecule has 2 heterocycles. The first-order chi connectivity index (χ1) is 10.2. The highest BCUT2D eigenvalue weighted by atomic mass is 15.1. The number of hydrogen-bond acceptors (Lipinski definition) is 5. The molecule has 0 amide bonds. The quantitative estimate of drug-likeness (QED) is 0.818. The lowest BCUT2D eigenvalue weighted by Gasteiger charge is -2.14. The maximum absolute atomic E-state index is 4.37. The summed E-state index contributed by atoms with van der Waals surface area (Å²) >= 11 is 0. The lowest BCUT2D eigenvalue weighted by molar-refractivity contribution is 0.943. The predicted molar refractivity (Wildman–Crippen MR) is 86.5 cm³/mol. The van der Waals surface area contributed by atoms with Crippen LogP contribution in [0.25, 0.3) is 0 Å². The van der Waals surface area contributed by atoms with Crippen LogP contribution >= 0.6 is 0 Å². The largest absolute Gasteiger partial charge is 0.370 e. The average molecular weight is 285 g/mol. The van der Waals surface area contributed by atoms with Crippen molar-refractivity contribution < 1.29 is 0 Å². The number of aryl methyl sites for hydroxylation is 1. The molecule has 2 aromatic heterocycles. The number of pyridine rings is 1. The zero-order valence-electron chi connectivity index (χ0n) is 13.0. The van der Waals surface area contributed by atoms with E-state index in [1.807, 2.05) is 19.2 Å². The molecule has 21 heavy (non-hydrogen) atoms. The number of nitrogens with one attached hydrogen (secondary N) is 2. The zero-order chi connectivity index (χ0) is 15.1. The third kappa shape index (κ3) is 4.15. The lowest BCUT2D eigenvalue weighted by atomic mass is 10.2. The van der Waals surface area contributed by atoms with Crippen molar-refractivity contribution in [3.8, 4) is 0 Å². The van der Waals surface area contributed by atoms with Gasteiger partial charge in [-0.05, 0) is 31.4 Å². The standard InChI is InChI=1S/C16H23N5/c1-4-8-17-15-14(5-2)16(21-11-20-15)19-10-13-7-6-12(3)18-9-13/h6-7,9,11H,4-5,8,10H2,1-3H3,(H2,17,19,20,21). The van der Waals surface area contributed by atoms with Gasteiger partial charge in [-0.3, -0.25) is 4.98 Å². The minimum absolute atomic E-state index is 0.713. The van der Waals surface area contributed by atoms with Crippen LogP contribution < -0.4 is 10.6 Å². The molecule has 0 saturated heterocycles. The molecule has 5 heteroatoms. The topological polar surface area (TPSA) is 62.7 Å². The highest BCUT2D eigenvalue weighted by Crippen LogP contribution is 2.21. The molecule has 112 valence electrons. The summed E-state index contributed by atoms with van der Waals surface area (Å²) in [6.07, 6.45) is 5.46. The summed E-state index contributed by atoms with van der Waals surface area (Å²) < 4.78 is 0. The molecular formula is C16H23N5. The Labute approximate surface area is 126 Å². The van der Waals surface area contributed by atoms with Crippen molar-refractivity contribution in [1.82, 2.24) is 15.0 Å². The predicted octanol–water partition coefficient (Wildman–Crippen LogP) is 3.18. The second kappa shape index (κ2) is 7.57. The Morgan fingerprint density at radius 1 is 1.00 bits per heavy atom. The Balaban J connectivity index is 2.10. The maximum atomic E-state index is 4.37. The summed E-state index contributed by atoms with van der Waals surface area (Å²) in [5.74, 6) is 1.82. The Kier molecular flexibility index (Phi) is 5.49. The molecule has 0 atom stereocenters. The first kappa shape index (κ1) is 15.2. The van der Waals surface area contributed by atoms with Gasteiger partial charge in [0, 0.05) is 30.5 Å². The minimum Gasteiger partial charge on any atom is -0.370 e. The molecule has 0 fully saturated rings. The Bertz CT molecular complexity index is 565. The van der Waals surface area contributed by atoms with Gasteiger partial charge in [0.1, 0.15) is 18.0 Å². The van der Waals surface area contributed by atoms with Crippen LogP contribution in [0, 0.1) is 6.92 Å². The van der Waals surface area contributed by atoms with E-state index >= 15 is 0 Å². The van der Waals surface area contributed by atoms with E-state index in [-0.39, 0.29) is 0 Å². The van der Waals surface area contributed by atoms with Gasteiger partial charge in [-0.1, -0.05) is 19.9 Å². The summed E-state index contributed by atoms with van der Waals surface area (Å²) in [5, 5.41) is 6.74.